The van der Waals surface area contributed by atoms with Gasteiger partial charge in [0.15, 0.2) is 0 Å². The first kappa shape index (κ1) is 15.9. The lowest BCUT2D eigenvalue weighted by Crippen LogP contribution is -2.50. The molecule has 1 fully saturated rings. The molecule has 0 bridgehead atoms. The first-order valence-electron chi connectivity index (χ1n) is 6.63. The summed E-state index contributed by atoms with van der Waals surface area (Å²) in [5.74, 6) is -0.390. The second-order valence-corrected chi connectivity index (χ2v) is 5.60. The van der Waals surface area contributed by atoms with Crippen LogP contribution in [0.15, 0.2) is 18.2 Å². The van der Waals surface area contributed by atoms with E-state index < -0.39 is 6.04 Å². The number of ether oxygens (including phenoxy) is 1. The quantitative estimate of drug-likeness (QED) is 0.843. The maximum atomic E-state index is 12.3. The number of urea groups is 1. The Hall–Kier alpha value is -1.46. The van der Waals surface area contributed by atoms with Gasteiger partial charge >= 0.3 is 12.0 Å². The van der Waals surface area contributed by atoms with Gasteiger partial charge < -0.3 is 15.0 Å². The Morgan fingerprint density at radius 1 is 1.29 bits per heavy atom. The number of benzene rings is 1. The number of carbonyl (C=O) groups is 2. The molecule has 7 heteroatoms. The highest BCUT2D eigenvalue weighted by molar-refractivity contribution is 6.42. The van der Waals surface area contributed by atoms with E-state index in [1.54, 1.807) is 18.2 Å². The maximum Gasteiger partial charge on any atom is 0.328 e. The lowest BCUT2D eigenvalue weighted by Gasteiger charge is -2.33. The van der Waals surface area contributed by atoms with Gasteiger partial charge in [0.2, 0.25) is 0 Å². The fraction of sp³-hybridized carbons (Fsp3) is 0.429. The number of nitrogens with one attached hydrogen (secondary N) is 1. The number of esters is 1. The predicted octanol–water partition coefficient (Wildman–Crippen LogP) is 3.55. The van der Waals surface area contributed by atoms with Crippen LogP contribution in [0.2, 0.25) is 10.0 Å². The Morgan fingerprint density at radius 2 is 2.05 bits per heavy atom. The summed E-state index contributed by atoms with van der Waals surface area (Å²) in [7, 11) is 1.33. The van der Waals surface area contributed by atoms with E-state index in [1.165, 1.54) is 12.0 Å². The van der Waals surface area contributed by atoms with E-state index in [0.29, 0.717) is 28.7 Å². The fourth-order valence-corrected chi connectivity index (χ4v) is 2.62. The highest BCUT2D eigenvalue weighted by Crippen LogP contribution is 2.26. The van der Waals surface area contributed by atoms with Gasteiger partial charge in [0, 0.05) is 12.2 Å². The fourth-order valence-electron chi connectivity index (χ4n) is 2.32. The van der Waals surface area contributed by atoms with Crippen LogP contribution in [0.5, 0.6) is 0 Å². The molecule has 0 radical (unpaired) electrons. The third kappa shape index (κ3) is 3.80. The van der Waals surface area contributed by atoms with Crippen LogP contribution in [-0.4, -0.2) is 36.6 Å². The predicted molar refractivity (Wildman–Crippen MR) is 81.8 cm³/mol. The molecule has 21 heavy (non-hydrogen) atoms. The molecule has 0 spiro atoms. The first-order chi connectivity index (χ1) is 10.0. The largest absolute Gasteiger partial charge is 0.467 e. The third-order valence-electron chi connectivity index (χ3n) is 3.41. The van der Waals surface area contributed by atoms with E-state index in [-0.39, 0.29) is 12.0 Å². The number of rotatable bonds is 2. The zero-order chi connectivity index (χ0) is 15.4. The number of carbonyl (C=O) groups excluding carboxylic acids is 2. The number of methoxy groups -OCH3 is 1. The Bertz CT molecular complexity index is 551. The maximum absolute atomic E-state index is 12.3. The Balaban J connectivity index is 2.10. The third-order valence-corrected chi connectivity index (χ3v) is 4.15. The average molecular weight is 331 g/mol. The molecule has 1 aliphatic rings. The minimum absolute atomic E-state index is 0.344. The molecule has 0 saturated carbocycles. The summed E-state index contributed by atoms with van der Waals surface area (Å²) >= 11 is 11.7. The molecule has 1 aromatic carbocycles. The Morgan fingerprint density at radius 3 is 2.71 bits per heavy atom. The van der Waals surface area contributed by atoms with E-state index >= 15 is 0 Å². The van der Waals surface area contributed by atoms with E-state index in [4.69, 9.17) is 27.9 Å². The molecule has 1 atom stereocenters. The number of hydrogen-bond acceptors (Lipinski definition) is 3. The van der Waals surface area contributed by atoms with Crippen molar-refractivity contribution < 1.29 is 14.3 Å². The van der Waals surface area contributed by atoms with Gasteiger partial charge in [-0.05, 0) is 37.5 Å². The van der Waals surface area contributed by atoms with Crippen LogP contribution in [0.4, 0.5) is 10.5 Å². The molecule has 2 amide bonds. The van der Waals surface area contributed by atoms with E-state index in [0.717, 1.165) is 12.8 Å². The Kier molecular flexibility index (Phi) is 5.31. The topological polar surface area (TPSA) is 58.6 Å². The van der Waals surface area contributed by atoms with Crippen LogP contribution >= 0.6 is 23.2 Å². The smallest absolute Gasteiger partial charge is 0.328 e. The van der Waals surface area contributed by atoms with Crippen LogP contribution in [0.1, 0.15) is 19.3 Å². The monoisotopic (exact) mass is 330 g/mol. The molecule has 2 rings (SSSR count). The molecular weight excluding hydrogens is 315 g/mol. The van der Waals surface area contributed by atoms with E-state index in [2.05, 4.69) is 5.32 Å². The van der Waals surface area contributed by atoms with Gasteiger partial charge in [0.1, 0.15) is 6.04 Å². The van der Waals surface area contributed by atoms with Gasteiger partial charge in [0.05, 0.1) is 17.2 Å². The molecule has 0 aliphatic carbocycles. The summed E-state index contributed by atoms with van der Waals surface area (Å²) < 4.78 is 4.76. The number of likely N-dealkylation sites (tertiary alicyclic amines) is 1. The first-order valence-corrected chi connectivity index (χ1v) is 7.39. The molecule has 1 heterocycles. The normalized spacial score (nSPS) is 18.2. The van der Waals surface area contributed by atoms with Gasteiger partial charge in [-0.2, -0.15) is 0 Å². The van der Waals surface area contributed by atoms with Crippen molar-refractivity contribution in [1.82, 2.24) is 4.90 Å². The van der Waals surface area contributed by atoms with Gasteiger partial charge in [-0.25, -0.2) is 9.59 Å². The van der Waals surface area contributed by atoms with Crippen LogP contribution in [0, 0.1) is 0 Å². The molecule has 1 saturated heterocycles. The van der Waals surface area contributed by atoms with Crippen molar-refractivity contribution in [2.24, 2.45) is 0 Å². The van der Waals surface area contributed by atoms with Gasteiger partial charge in [0.25, 0.3) is 0 Å². The number of piperidine rings is 1. The van der Waals surface area contributed by atoms with Crippen LogP contribution in [0.25, 0.3) is 0 Å². The minimum Gasteiger partial charge on any atom is -0.467 e. The summed E-state index contributed by atoms with van der Waals surface area (Å²) in [4.78, 5) is 25.6. The van der Waals surface area contributed by atoms with Crippen molar-refractivity contribution in [3.8, 4) is 0 Å². The molecule has 114 valence electrons. The molecule has 5 nitrogen and oxygen atoms in total. The van der Waals surface area contributed by atoms with Gasteiger partial charge in [-0.3, -0.25) is 0 Å². The zero-order valence-electron chi connectivity index (χ0n) is 11.6. The lowest BCUT2D eigenvalue weighted by molar-refractivity contribution is -0.146. The highest BCUT2D eigenvalue weighted by Gasteiger charge is 2.32. The second kappa shape index (κ2) is 7.00. The van der Waals surface area contributed by atoms with Crippen molar-refractivity contribution in [2.75, 3.05) is 19.0 Å². The van der Waals surface area contributed by atoms with Crippen LogP contribution in [0.3, 0.4) is 0 Å². The lowest BCUT2D eigenvalue weighted by atomic mass is 10.0. The number of amides is 2. The van der Waals surface area contributed by atoms with Gasteiger partial charge in [-0.15, -0.1) is 0 Å². The van der Waals surface area contributed by atoms with Gasteiger partial charge in [-0.1, -0.05) is 23.2 Å². The molecule has 1 aromatic rings. The zero-order valence-corrected chi connectivity index (χ0v) is 13.1. The number of halogens is 2. The van der Waals surface area contributed by atoms with Crippen molar-refractivity contribution in [2.45, 2.75) is 25.3 Å². The molecule has 0 unspecified atom stereocenters. The van der Waals surface area contributed by atoms with Crippen LogP contribution < -0.4 is 5.32 Å². The molecular formula is C14H16Cl2N2O3. The number of nitrogens with zero attached hydrogens (tertiary/aromatic N) is 1. The van der Waals surface area contributed by atoms with Crippen molar-refractivity contribution in [3.63, 3.8) is 0 Å². The van der Waals surface area contributed by atoms with Crippen molar-refractivity contribution >= 4 is 40.9 Å². The second-order valence-electron chi connectivity index (χ2n) is 4.79. The van der Waals surface area contributed by atoms with Crippen molar-refractivity contribution in [1.29, 1.82) is 0 Å². The minimum atomic E-state index is -0.536. The average Bonchev–Trinajstić information content (AvgIpc) is 2.50. The SMILES string of the molecule is COC(=O)[C@H]1CCCCN1C(=O)Nc1ccc(Cl)c(Cl)c1. The summed E-state index contributed by atoms with van der Waals surface area (Å²) in [6, 6.07) is 3.95. The van der Waals surface area contributed by atoms with E-state index in [1.807, 2.05) is 0 Å². The molecule has 1 aliphatic heterocycles. The number of hydrogen-bond donors (Lipinski definition) is 1. The summed E-state index contributed by atoms with van der Waals surface area (Å²) in [5.41, 5.74) is 0.531. The summed E-state index contributed by atoms with van der Waals surface area (Å²) in [6.45, 7) is 0.521. The summed E-state index contributed by atoms with van der Waals surface area (Å²) in [6.07, 6.45) is 2.38. The number of anilines is 1. The standard InChI is InChI=1S/C14H16Cl2N2O3/c1-21-13(19)12-4-2-3-7-18(12)14(20)17-9-5-6-10(15)11(16)8-9/h5-6,8,12H,2-4,7H2,1H3,(H,17,20)/t12-/m1/s1. The molecule has 0 aromatic heterocycles. The van der Waals surface area contributed by atoms with Crippen LogP contribution in [-0.2, 0) is 9.53 Å². The highest BCUT2D eigenvalue weighted by atomic mass is 35.5. The Labute approximate surface area is 133 Å². The van der Waals surface area contributed by atoms with E-state index in [9.17, 15) is 9.59 Å². The summed E-state index contributed by atoms with van der Waals surface area (Å²) in [5, 5.41) is 3.50. The molecule has 1 N–H and O–H groups in total. The van der Waals surface area contributed by atoms with Crippen molar-refractivity contribution in [3.05, 3.63) is 28.2 Å².